The molecule has 4 nitrogen and oxygen atoms in total. The summed E-state index contributed by atoms with van der Waals surface area (Å²) in [5.74, 6) is 0.796. The molecular formula is C26H32Cl2N2O2S. The predicted octanol–water partition coefficient (Wildman–Crippen LogP) is 6.48. The second-order valence-corrected chi connectivity index (χ2v) is 10.3. The molecule has 0 aromatic heterocycles. The van der Waals surface area contributed by atoms with Gasteiger partial charge in [0.25, 0.3) is 0 Å². The quantitative estimate of drug-likeness (QED) is 0.400. The minimum absolute atomic E-state index is 0.0421. The number of benzene rings is 2. The molecule has 1 fully saturated rings. The highest BCUT2D eigenvalue weighted by Gasteiger charge is 2.30. The van der Waals surface area contributed by atoms with Gasteiger partial charge in [-0.25, -0.2) is 0 Å². The van der Waals surface area contributed by atoms with Crippen LogP contribution in [0, 0.1) is 0 Å². The average molecular weight is 508 g/mol. The first-order chi connectivity index (χ1) is 16.0. The van der Waals surface area contributed by atoms with Gasteiger partial charge < -0.3 is 10.2 Å². The third-order valence-corrected chi connectivity index (χ3v) is 7.58. The van der Waals surface area contributed by atoms with Crippen LogP contribution in [0.5, 0.6) is 0 Å². The minimum Gasteiger partial charge on any atom is -0.352 e. The molecule has 3 rings (SSSR count). The molecule has 0 saturated heterocycles. The van der Waals surface area contributed by atoms with E-state index in [1.807, 2.05) is 43.3 Å². The van der Waals surface area contributed by atoms with Gasteiger partial charge in [0.2, 0.25) is 11.8 Å². The van der Waals surface area contributed by atoms with Gasteiger partial charge in [-0.2, -0.15) is 0 Å². The highest BCUT2D eigenvalue weighted by atomic mass is 35.5. The molecule has 1 aliphatic carbocycles. The van der Waals surface area contributed by atoms with E-state index in [2.05, 4.69) is 5.32 Å². The summed E-state index contributed by atoms with van der Waals surface area (Å²) in [6.07, 6.45) is 6.15. The third kappa shape index (κ3) is 7.94. The van der Waals surface area contributed by atoms with Crippen LogP contribution in [0.1, 0.15) is 56.6 Å². The first-order valence-corrected chi connectivity index (χ1v) is 13.5. The normalized spacial score (nSPS) is 15.1. The van der Waals surface area contributed by atoms with E-state index >= 15 is 0 Å². The molecule has 1 atom stereocenters. The Morgan fingerprint density at radius 2 is 1.82 bits per heavy atom. The highest BCUT2D eigenvalue weighted by molar-refractivity contribution is 7.99. The lowest BCUT2D eigenvalue weighted by atomic mass is 9.95. The number of halogens is 2. The lowest BCUT2D eigenvalue weighted by Gasteiger charge is -2.32. The third-order valence-electron chi connectivity index (χ3n) is 6.03. The Kier molecular flexibility index (Phi) is 10.4. The molecule has 33 heavy (non-hydrogen) atoms. The second-order valence-electron chi connectivity index (χ2n) is 8.50. The van der Waals surface area contributed by atoms with Gasteiger partial charge in [-0.15, -0.1) is 11.8 Å². The summed E-state index contributed by atoms with van der Waals surface area (Å²) < 4.78 is 0. The molecule has 0 bridgehead atoms. The smallest absolute Gasteiger partial charge is 0.243 e. The van der Waals surface area contributed by atoms with Crippen LogP contribution in [0.3, 0.4) is 0 Å². The van der Waals surface area contributed by atoms with E-state index in [-0.39, 0.29) is 23.6 Å². The minimum atomic E-state index is -0.487. The van der Waals surface area contributed by atoms with Crippen molar-refractivity contribution in [1.29, 1.82) is 0 Å². The van der Waals surface area contributed by atoms with Crippen molar-refractivity contribution in [3.63, 3.8) is 0 Å². The van der Waals surface area contributed by atoms with Crippen LogP contribution in [0.4, 0.5) is 0 Å². The standard InChI is InChI=1S/C26H32Cl2N2O2S/c1-2-24(26(32)29-22-11-7-4-8-12-22)30(16-19-9-5-3-6-10-19)25(31)18-33-17-20-13-14-21(27)15-23(20)28/h3,5-6,9-10,13-15,22,24H,2,4,7-8,11-12,16-18H2,1H3,(H,29,32). The van der Waals surface area contributed by atoms with Gasteiger partial charge in [0.05, 0.1) is 5.75 Å². The molecule has 2 aromatic rings. The largest absolute Gasteiger partial charge is 0.352 e. The monoisotopic (exact) mass is 506 g/mol. The van der Waals surface area contributed by atoms with E-state index < -0.39 is 6.04 Å². The van der Waals surface area contributed by atoms with Crippen LogP contribution in [0.2, 0.25) is 10.0 Å². The Bertz CT molecular complexity index is 920. The molecule has 0 radical (unpaired) electrons. The Balaban J connectivity index is 1.68. The fourth-order valence-electron chi connectivity index (χ4n) is 4.21. The summed E-state index contributed by atoms with van der Waals surface area (Å²) in [7, 11) is 0. The van der Waals surface area contributed by atoms with Crippen molar-refractivity contribution >= 4 is 46.8 Å². The first-order valence-electron chi connectivity index (χ1n) is 11.6. The van der Waals surface area contributed by atoms with Crippen molar-refractivity contribution in [3.8, 4) is 0 Å². The zero-order chi connectivity index (χ0) is 23.6. The van der Waals surface area contributed by atoms with Crippen molar-refractivity contribution < 1.29 is 9.59 Å². The summed E-state index contributed by atoms with van der Waals surface area (Å²) in [4.78, 5) is 28.3. The van der Waals surface area contributed by atoms with Gasteiger partial charge in [-0.05, 0) is 42.5 Å². The van der Waals surface area contributed by atoms with Crippen LogP contribution in [0.25, 0.3) is 0 Å². The molecular weight excluding hydrogens is 475 g/mol. The lowest BCUT2D eigenvalue weighted by Crippen LogP contribution is -2.52. The van der Waals surface area contributed by atoms with Crippen molar-refractivity contribution in [1.82, 2.24) is 10.2 Å². The number of nitrogens with one attached hydrogen (secondary N) is 1. The number of rotatable bonds is 10. The van der Waals surface area contributed by atoms with E-state index in [0.717, 1.165) is 36.8 Å². The molecule has 0 spiro atoms. The van der Waals surface area contributed by atoms with E-state index in [1.165, 1.54) is 18.2 Å². The molecule has 0 heterocycles. The summed E-state index contributed by atoms with van der Waals surface area (Å²) >= 11 is 13.8. The number of hydrogen-bond acceptors (Lipinski definition) is 3. The van der Waals surface area contributed by atoms with Crippen LogP contribution >= 0.6 is 35.0 Å². The van der Waals surface area contributed by atoms with Crippen molar-refractivity contribution in [2.75, 3.05) is 5.75 Å². The number of thioether (sulfide) groups is 1. The van der Waals surface area contributed by atoms with Crippen LogP contribution in [-0.2, 0) is 21.9 Å². The van der Waals surface area contributed by atoms with Crippen molar-refractivity contribution in [2.45, 2.75) is 69.8 Å². The number of carbonyl (C=O) groups is 2. The molecule has 178 valence electrons. The maximum Gasteiger partial charge on any atom is 0.243 e. The topological polar surface area (TPSA) is 49.4 Å². The molecule has 2 aromatic carbocycles. The number of amides is 2. The average Bonchev–Trinajstić information content (AvgIpc) is 2.81. The highest BCUT2D eigenvalue weighted by Crippen LogP contribution is 2.25. The van der Waals surface area contributed by atoms with Gasteiger partial charge in [-0.1, -0.05) is 85.8 Å². The molecule has 1 unspecified atom stereocenters. The van der Waals surface area contributed by atoms with Gasteiger partial charge in [-0.3, -0.25) is 9.59 Å². The SMILES string of the molecule is CCC(C(=O)NC1CCCCC1)N(Cc1ccccc1)C(=O)CSCc1ccc(Cl)cc1Cl. The number of hydrogen-bond donors (Lipinski definition) is 1. The maximum atomic E-state index is 13.3. The summed E-state index contributed by atoms with van der Waals surface area (Å²) in [5, 5.41) is 4.41. The Hall–Kier alpha value is -1.69. The predicted molar refractivity (Wildman–Crippen MR) is 139 cm³/mol. The number of carbonyl (C=O) groups excluding carboxylic acids is 2. The van der Waals surface area contributed by atoms with Gasteiger partial charge in [0.15, 0.2) is 0 Å². The molecule has 7 heteroatoms. The van der Waals surface area contributed by atoms with Crippen LogP contribution < -0.4 is 5.32 Å². The van der Waals surface area contributed by atoms with Crippen LogP contribution in [-0.4, -0.2) is 34.6 Å². The fraction of sp³-hybridized carbons (Fsp3) is 0.462. The fourth-order valence-corrected chi connectivity index (χ4v) is 5.68. The zero-order valence-electron chi connectivity index (χ0n) is 19.1. The Labute approximate surface area is 211 Å². The molecule has 0 aliphatic heterocycles. The summed E-state index contributed by atoms with van der Waals surface area (Å²) in [6, 6.07) is 15.0. The van der Waals surface area contributed by atoms with Gasteiger partial charge in [0.1, 0.15) is 6.04 Å². The van der Waals surface area contributed by atoms with E-state index in [1.54, 1.807) is 17.0 Å². The van der Waals surface area contributed by atoms with Crippen molar-refractivity contribution in [2.24, 2.45) is 0 Å². The summed E-state index contributed by atoms with van der Waals surface area (Å²) in [5.41, 5.74) is 1.95. The Morgan fingerprint density at radius 1 is 1.09 bits per heavy atom. The Morgan fingerprint density at radius 3 is 2.48 bits per heavy atom. The van der Waals surface area contributed by atoms with Crippen molar-refractivity contribution in [3.05, 3.63) is 69.7 Å². The first kappa shape index (κ1) is 25.9. The van der Waals surface area contributed by atoms with E-state index in [4.69, 9.17) is 23.2 Å². The lowest BCUT2D eigenvalue weighted by molar-refractivity contribution is -0.139. The van der Waals surface area contributed by atoms with Gasteiger partial charge in [0, 0.05) is 28.4 Å². The van der Waals surface area contributed by atoms with Gasteiger partial charge >= 0.3 is 0 Å². The zero-order valence-corrected chi connectivity index (χ0v) is 21.4. The molecule has 1 N–H and O–H groups in total. The van der Waals surface area contributed by atoms with Crippen LogP contribution in [0.15, 0.2) is 48.5 Å². The second kappa shape index (κ2) is 13.3. The van der Waals surface area contributed by atoms with E-state index in [9.17, 15) is 9.59 Å². The molecule has 2 amide bonds. The maximum absolute atomic E-state index is 13.3. The molecule has 1 aliphatic rings. The van der Waals surface area contributed by atoms with E-state index in [0.29, 0.717) is 28.8 Å². The summed E-state index contributed by atoms with van der Waals surface area (Å²) in [6.45, 7) is 2.38. The molecule has 1 saturated carbocycles. The number of nitrogens with zero attached hydrogens (tertiary/aromatic N) is 1.